The van der Waals surface area contributed by atoms with E-state index in [-0.39, 0.29) is 5.56 Å². The number of carbonyl (C=O) groups excluding carboxylic acids is 2. The van der Waals surface area contributed by atoms with E-state index in [4.69, 9.17) is 14.7 Å². The van der Waals surface area contributed by atoms with Crippen LogP contribution in [0.15, 0.2) is 78.9 Å². The average Bonchev–Trinajstić information content (AvgIpc) is 2.77. The van der Waals surface area contributed by atoms with Crippen LogP contribution in [0, 0.1) is 11.3 Å². The van der Waals surface area contributed by atoms with E-state index in [0.717, 1.165) is 5.56 Å². The predicted molar refractivity (Wildman–Crippen MR) is 107 cm³/mol. The number of esters is 1. The van der Waals surface area contributed by atoms with Gasteiger partial charge in [-0.15, -0.1) is 0 Å². The van der Waals surface area contributed by atoms with Crippen LogP contribution in [0.2, 0.25) is 0 Å². The molecule has 6 heteroatoms. The lowest BCUT2D eigenvalue weighted by Gasteiger charge is -2.09. The number of nitriles is 1. The van der Waals surface area contributed by atoms with Gasteiger partial charge in [-0.05, 0) is 35.9 Å². The molecule has 3 aromatic rings. The fourth-order valence-electron chi connectivity index (χ4n) is 2.54. The molecule has 0 atom stereocenters. The van der Waals surface area contributed by atoms with Gasteiger partial charge in [-0.2, -0.15) is 5.26 Å². The van der Waals surface area contributed by atoms with Crippen molar-refractivity contribution in [2.24, 2.45) is 0 Å². The molecule has 0 aliphatic heterocycles. The quantitative estimate of drug-likeness (QED) is 0.622. The van der Waals surface area contributed by atoms with Gasteiger partial charge in [-0.1, -0.05) is 48.5 Å². The second-order valence-electron chi connectivity index (χ2n) is 6.08. The summed E-state index contributed by atoms with van der Waals surface area (Å²) in [5.74, 6) is -0.646. The molecule has 0 aliphatic rings. The Labute approximate surface area is 168 Å². The van der Waals surface area contributed by atoms with Gasteiger partial charge >= 0.3 is 5.97 Å². The molecule has 1 N–H and O–H groups in total. The zero-order valence-corrected chi connectivity index (χ0v) is 15.5. The summed E-state index contributed by atoms with van der Waals surface area (Å²) in [6, 6.07) is 24.8. The Morgan fingerprint density at radius 3 is 2.48 bits per heavy atom. The number of para-hydroxylation sites is 1. The molecule has 1 amide bonds. The van der Waals surface area contributed by atoms with Gasteiger partial charge in [-0.3, -0.25) is 4.79 Å². The molecule has 0 bridgehead atoms. The fourth-order valence-corrected chi connectivity index (χ4v) is 2.54. The van der Waals surface area contributed by atoms with E-state index < -0.39 is 18.5 Å². The highest BCUT2D eigenvalue weighted by molar-refractivity contribution is 5.96. The molecule has 0 heterocycles. The zero-order valence-electron chi connectivity index (χ0n) is 15.5. The molecule has 3 aromatic carbocycles. The minimum Gasteiger partial charge on any atom is -0.489 e. The van der Waals surface area contributed by atoms with Crippen molar-refractivity contribution >= 4 is 17.6 Å². The lowest BCUT2D eigenvalue weighted by Crippen LogP contribution is -2.21. The van der Waals surface area contributed by atoms with Crippen LogP contribution in [0.5, 0.6) is 5.75 Å². The first-order chi connectivity index (χ1) is 14.2. The number of carbonyl (C=O) groups is 2. The van der Waals surface area contributed by atoms with Crippen molar-refractivity contribution < 1.29 is 19.1 Å². The molecular formula is C23H18N2O4. The molecule has 3 rings (SSSR count). The molecule has 0 spiro atoms. The largest absolute Gasteiger partial charge is 0.489 e. The van der Waals surface area contributed by atoms with Gasteiger partial charge in [0.2, 0.25) is 0 Å². The Morgan fingerprint density at radius 2 is 1.69 bits per heavy atom. The number of benzene rings is 3. The van der Waals surface area contributed by atoms with Crippen LogP contribution in [-0.2, 0) is 16.1 Å². The first kappa shape index (κ1) is 19.6. The maximum atomic E-state index is 12.2. The van der Waals surface area contributed by atoms with E-state index in [1.54, 1.807) is 48.5 Å². The molecule has 0 saturated heterocycles. The number of ether oxygens (including phenoxy) is 2. The van der Waals surface area contributed by atoms with E-state index in [1.807, 2.05) is 36.4 Å². The highest BCUT2D eigenvalue weighted by Gasteiger charge is 2.12. The second kappa shape index (κ2) is 9.72. The summed E-state index contributed by atoms with van der Waals surface area (Å²) < 4.78 is 10.8. The lowest BCUT2D eigenvalue weighted by molar-refractivity contribution is -0.119. The maximum Gasteiger partial charge on any atom is 0.338 e. The molecule has 0 saturated carbocycles. The number of nitrogens with one attached hydrogen (secondary N) is 1. The predicted octanol–water partition coefficient (Wildman–Crippen LogP) is 3.93. The van der Waals surface area contributed by atoms with Crippen molar-refractivity contribution in [3.8, 4) is 11.8 Å². The Bertz CT molecular complexity index is 1040. The maximum absolute atomic E-state index is 12.2. The van der Waals surface area contributed by atoms with E-state index in [1.165, 1.54) is 0 Å². The topological polar surface area (TPSA) is 88.4 Å². The first-order valence-electron chi connectivity index (χ1n) is 8.88. The van der Waals surface area contributed by atoms with Crippen molar-refractivity contribution in [1.82, 2.24) is 0 Å². The van der Waals surface area contributed by atoms with Crippen molar-refractivity contribution in [2.45, 2.75) is 6.61 Å². The molecule has 6 nitrogen and oxygen atoms in total. The van der Waals surface area contributed by atoms with E-state index in [2.05, 4.69) is 5.32 Å². The Morgan fingerprint density at radius 1 is 0.931 bits per heavy atom. The highest BCUT2D eigenvalue weighted by Crippen LogP contribution is 2.16. The van der Waals surface area contributed by atoms with Gasteiger partial charge in [0.15, 0.2) is 6.61 Å². The van der Waals surface area contributed by atoms with Crippen LogP contribution in [0.3, 0.4) is 0 Å². The van der Waals surface area contributed by atoms with E-state index in [9.17, 15) is 9.59 Å². The van der Waals surface area contributed by atoms with Gasteiger partial charge in [0.1, 0.15) is 18.4 Å². The van der Waals surface area contributed by atoms with Crippen molar-refractivity contribution in [2.75, 3.05) is 11.9 Å². The van der Waals surface area contributed by atoms with Crippen LogP contribution in [-0.4, -0.2) is 18.5 Å². The summed E-state index contributed by atoms with van der Waals surface area (Å²) in [6.07, 6.45) is 0. The molecule has 0 fully saturated rings. The van der Waals surface area contributed by atoms with Gasteiger partial charge < -0.3 is 14.8 Å². The van der Waals surface area contributed by atoms with Gasteiger partial charge in [0.25, 0.3) is 5.91 Å². The normalized spacial score (nSPS) is 9.90. The Balaban J connectivity index is 1.54. The first-order valence-corrected chi connectivity index (χ1v) is 8.88. The Kier molecular flexibility index (Phi) is 6.58. The monoisotopic (exact) mass is 386 g/mol. The molecule has 29 heavy (non-hydrogen) atoms. The molecule has 0 aromatic heterocycles. The summed E-state index contributed by atoms with van der Waals surface area (Å²) in [4.78, 5) is 24.3. The van der Waals surface area contributed by atoms with Crippen LogP contribution in [0.25, 0.3) is 0 Å². The number of nitrogens with zero attached hydrogens (tertiary/aromatic N) is 1. The molecule has 0 aliphatic carbocycles. The average molecular weight is 386 g/mol. The number of hydrogen-bond donors (Lipinski definition) is 1. The van der Waals surface area contributed by atoms with Gasteiger partial charge in [-0.25, -0.2) is 4.79 Å². The summed E-state index contributed by atoms with van der Waals surface area (Å²) in [5.41, 5.74) is 1.98. The lowest BCUT2D eigenvalue weighted by atomic mass is 10.2. The van der Waals surface area contributed by atoms with Crippen LogP contribution >= 0.6 is 0 Å². The third-order valence-electron chi connectivity index (χ3n) is 3.97. The summed E-state index contributed by atoms with van der Waals surface area (Å²) in [7, 11) is 0. The van der Waals surface area contributed by atoms with Crippen LogP contribution < -0.4 is 10.1 Å². The fraction of sp³-hybridized carbons (Fsp3) is 0.0870. The number of amides is 1. The zero-order chi connectivity index (χ0) is 20.5. The number of hydrogen-bond acceptors (Lipinski definition) is 5. The van der Waals surface area contributed by atoms with Crippen molar-refractivity contribution in [1.29, 1.82) is 5.26 Å². The van der Waals surface area contributed by atoms with Crippen molar-refractivity contribution in [3.05, 3.63) is 95.6 Å². The third-order valence-corrected chi connectivity index (χ3v) is 3.97. The second-order valence-corrected chi connectivity index (χ2v) is 6.08. The van der Waals surface area contributed by atoms with Gasteiger partial charge in [0, 0.05) is 0 Å². The van der Waals surface area contributed by atoms with Gasteiger partial charge in [0.05, 0.1) is 16.8 Å². The minimum absolute atomic E-state index is 0.279. The van der Waals surface area contributed by atoms with Crippen LogP contribution in [0.4, 0.5) is 5.69 Å². The SMILES string of the molecule is N#Cc1ccccc1NC(=O)COC(=O)c1cccc(OCc2ccccc2)c1. The Hall–Kier alpha value is -4.11. The summed E-state index contributed by atoms with van der Waals surface area (Å²) >= 11 is 0. The highest BCUT2D eigenvalue weighted by atomic mass is 16.5. The minimum atomic E-state index is -0.640. The summed E-state index contributed by atoms with van der Waals surface area (Å²) in [6.45, 7) is -0.0895. The molecular weight excluding hydrogens is 368 g/mol. The standard InChI is InChI=1S/C23H18N2O4/c24-14-19-9-4-5-12-21(19)25-22(26)16-29-23(27)18-10-6-11-20(13-18)28-15-17-7-2-1-3-8-17/h1-13H,15-16H2,(H,25,26). The summed E-state index contributed by atoms with van der Waals surface area (Å²) in [5, 5.41) is 11.6. The molecule has 144 valence electrons. The van der Waals surface area contributed by atoms with E-state index in [0.29, 0.717) is 23.6 Å². The smallest absolute Gasteiger partial charge is 0.338 e. The molecule has 0 radical (unpaired) electrons. The number of rotatable bonds is 7. The third kappa shape index (κ3) is 5.68. The number of anilines is 1. The van der Waals surface area contributed by atoms with Crippen LogP contribution in [0.1, 0.15) is 21.5 Å². The van der Waals surface area contributed by atoms with Crippen molar-refractivity contribution in [3.63, 3.8) is 0 Å². The molecule has 0 unspecified atom stereocenters. The van der Waals surface area contributed by atoms with E-state index >= 15 is 0 Å².